The summed E-state index contributed by atoms with van der Waals surface area (Å²) in [4.78, 5) is 40.9. The molecular weight excluding hydrogens is 535 g/mol. The van der Waals surface area contributed by atoms with E-state index in [9.17, 15) is 19.5 Å². The van der Waals surface area contributed by atoms with Gasteiger partial charge in [-0.1, -0.05) is 65.6 Å². The number of Topliss-reactive ketones (excluding diaryl/α,β-unsaturated/α-hetero) is 1. The summed E-state index contributed by atoms with van der Waals surface area (Å²) >= 11 is 2.32. The molecule has 1 spiro atoms. The van der Waals surface area contributed by atoms with E-state index in [-0.39, 0.29) is 18.3 Å². The maximum absolute atomic E-state index is 13.9. The number of hydrogen-bond donors (Lipinski definition) is 1. The van der Waals surface area contributed by atoms with E-state index in [4.69, 9.17) is 9.47 Å². The Morgan fingerprint density at radius 3 is 2.76 bits per heavy atom. The molecular formula is C26H25IO6. The molecule has 1 aromatic rings. The van der Waals surface area contributed by atoms with Crippen molar-refractivity contribution in [3.63, 3.8) is 0 Å². The first-order chi connectivity index (χ1) is 15.6. The van der Waals surface area contributed by atoms with Crippen LogP contribution in [0.5, 0.6) is 0 Å². The molecule has 33 heavy (non-hydrogen) atoms. The zero-order chi connectivity index (χ0) is 23.4. The van der Waals surface area contributed by atoms with Gasteiger partial charge in [0.25, 0.3) is 0 Å². The molecule has 6 rings (SSSR count). The number of fused-ring (bicyclic) bond motifs is 1. The number of ketones is 1. The third kappa shape index (κ3) is 2.35. The maximum Gasteiger partial charge on any atom is 0.316 e. The molecule has 1 N–H and O–H groups in total. The van der Waals surface area contributed by atoms with Crippen LogP contribution >= 0.6 is 22.6 Å². The molecule has 1 heterocycles. The summed E-state index contributed by atoms with van der Waals surface area (Å²) in [7, 11) is 0. The monoisotopic (exact) mass is 560 g/mol. The van der Waals surface area contributed by atoms with Crippen LogP contribution in [-0.4, -0.2) is 38.0 Å². The summed E-state index contributed by atoms with van der Waals surface area (Å²) in [5.41, 5.74) is -2.09. The Kier molecular flexibility index (Phi) is 4.28. The van der Waals surface area contributed by atoms with Crippen molar-refractivity contribution < 1.29 is 29.0 Å². The second kappa shape index (κ2) is 6.56. The number of hydrogen-bond acceptors (Lipinski definition) is 6. The largest absolute Gasteiger partial charge is 0.461 e. The van der Waals surface area contributed by atoms with Gasteiger partial charge in [0.1, 0.15) is 17.6 Å². The topological polar surface area (TPSA) is 89.9 Å². The minimum absolute atomic E-state index is 0.0745. The summed E-state index contributed by atoms with van der Waals surface area (Å²) in [6.07, 6.45) is 4.10. The molecule has 5 aliphatic rings. The minimum Gasteiger partial charge on any atom is -0.461 e. The molecule has 0 aromatic heterocycles. The number of carbonyl (C=O) groups excluding carboxylic acids is 3. The molecule has 172 valence electrons. The number of ether oxygens (including phenoxy) is 2. The van der Waals surface area contributed by atoms with Crippen molar-refractivity contribution >= 4 is 40.3 Å². The molecule has 1 saturated heterocycles. The van der Waals surface area contributed by atoms with E-state index in [1.54, 1.807) is 19.1 Å². The van der Waals surface area contributed by atoms with Crippen molar-refractivity contribution in [3.8, 4) is 0 Å². The highest BCUT2D eigenvalue weighted by Gasteiger charge is 2.85. The Morgan fingerprint density at radius 2 is 2.03 bits per heavy atom. The van der Waals surface area contributed by atoms with Gasteiger partial charge in [-0.05, 0) is 37.8 Å². The molecule has 0 radical (unpaired) electrons. The quantitative estimate of drug-likeness (QED) is 0.201. The van der Waals surface area contributed by atoms with Crippen LogP contribution in [0.3, 0.4) is 0 Å². The van der Waals surface area contributed by atoms with E-state index < -0.39 is 49.7 Å². The number of allylic oxidation sites excluding steroid dienone is 1. The highest BCUT2D eigenvalue weighted by Crippen LogP contribution is 2.77. The van der Waals surface area contributed by atoms with Crippen LogP contribution in [0.25, 0.3) is 0 Å². The minimum atomic E-state index is -1.32. The average molecular weight is 560 g/mol. The summed E-state index contributed by atoms with van der Waals surface area (Å²) in [6.45, 7) is 5.87. The van der Waals surface area contributed by atoms with Gasteiger partial charge in [0.15, 0.2) is 5.78 Å². The predicted molar refractivity (Wildman–Crippen MR) is 126 cm³/mol. The highest BCUT2D eigenvalue weighted by molar-refractivity contribution is 14.1. The number of esters is 2. The van der Waals surface area contributed by atoms with Crippen LogP contribution in [0.4, 0.5) is 0 Å². The van der Waals surface area contributed by atoms with E-state index in [1.165, 1.54) is 0 Å². The number of rotatable bonds is 3. The molecule has 6 nitrogen and oxygen atoms in total. The standard InChI is InChI=1S/C26H25IO6/c1-14-20(29)25-13-24(14,27)10-8-16(25)26-11-9-17(28)23(2,22(31)33-26)19(26)18(25)21(30)32-12-15-6-4-3-5-7-15/h3-7,9,11,16-19,28H,1,8,10,12-13H2,2H3/t16-,17+,18-,19-,23+,24+,25-,26-/m1/s1. The second-order valence-corrected chi connectivity index (χ2v) is 12.5. The fraction of sp³-hybridized carbons (Fsp3) is 0.500. The van der Waals surface area contributed by atoms with Gasteiger partial charge in [0.2, 0.25) is 0 Å². The lowest BCUT2D eigenvalue weighted by molar-refractivity contribution is -0.167. The first-order valence-electron chi connectivity index (χ1n) is 11.4. The first-order valence-corrected chi connectivity index (χ1v) is 12.4. The molecule has 1 aliphatic heterocycles. The molecule has 4 fully saturated rings. The molecule has 3 saturated carbocycles. The second-order valence-electron chi connectivity index (χ2n) is 10.5. The Balaban J connectivity index is 1.50. The van der Waals surface area contributed by atoms with Gasteiger partial charge < -0.3 is 14.6 Å². The van der Waals surface area contributed by atoms with Gasteiger partial charge in [-0.3, -0.25) is 14.4 Å². The molecule has 1 aromatic carbocycles. The molecule has 4 bridgehead atoms. The highest BCUT2D eigenvalue weighted by atomic mass is 127. The van der Waals surface area contributed by atoms with Gasteiger partial charge in [0.05, 0.1) is 20.9 Å². The average Bonchev–Trinajstić information content (AvgIpc) is 3.21. The van der Waals surface area contributed by atoms with E-state index in [0.29, 0.717) is 18.4 Å². The van der Waals surface area contributed by atoms with Crippen LogP contribution in [0, 0.1) is 28.6 Å². The fourth-order valence-electron chi connectivity index (χ4n) is 7.67. The normalized spacial score (nSPS) is 46.7. The number of halogens is 1. The third-order valence-electron chi connectivity index (χ3n) is 9.17. The molecule has 7 heteroatoms. The van der Waals surface area contributed by atoms with E-state index in [2.05, 4.69) is 29.2 Å². The van der Waals surface area contributed by atoms with Crippen LogP contribution in [-0.2, 0) is 30.5 Å². The number of benzene rings is 1. The van der Waals surface area contributed by atoms with E-state index >= 15 is 0 Å². The smallest absolute Gasteiger partial charge is 0.316 e. The van der Waals surface area contributed by atoms with Crippen molar-refractivity contribution in [1.29, 1.82) is 0 Å². The zero-order valence-electron chi connectivity index (χ0n) is 18.3. The van der Waals surface area contributed by atoms with Crippen LogP contribution in [0.1, 0.15) is 31.7 Å². The number of alkyl halides is 1. The Labute approximate surface area is 205 Å². The fourth-order valence-corrected chi connectivity index (χ4v) is 8.86. The van der Waals surface area contributed by atoms with Crippen LogP contribution in [0.15, 0.2) is 54.6 Å². The van der Waals surface area contributed by atoms with Crippen LogP contribution in [0.2, 0.25) is 0 Å². The van der Waals surface area contributed by atoms with Gasteiger partial charge in [-0.25, -0.2) is 0 Å². The number of carbonyl (C=O) groups is 3. The molecule has 0 amide bonds. The predicted octanol–water partition coefficient (Wildman–Crippen LogP) is 3.31. The summed E-state index contributed by atoms with van der Waals surface area (Å²) in [5.74, 6) is -3.07. The lowest BCUT2D eigenvalue weighted by atomic mass is 9.61. The summed E-state index contributed by atoms with van der Waals surface area (Å²) in [6, 6.07) is 9.36. The first kappa shape index (κ1) is 21.5. The lowest BCUT2D eigenvalue weighted by Crippen LogP contribution is -2.51. The van der Waals surface area contributed by atoms with Crippen molar-refractivity contribution in [1.82, 2.24) is 0 Å². The van der Waals surface area contributed by atoms with Gasteiger partial charge in [-0.2, -0.15) is 0 Å². The summed E-state index contributed by atoms with van der Waals surface area (Å²) in [5, 5.41) is 10.9. The van der Waals surface area contributed by atoms with Crippen LogP contribution < -0.4 is 0 Å². The number of aliphatic hydroxyl groups is 1. The Bertz CT molecular complexity index is 1140. The molecule has 0 unspecified atom stereocenters. The third-order valence-corrected chi connectivity index (χ3v) is 10.7. The Hall–Kier alpha value is -2.00. The van der Waals surface area contributed by atoms with Gasteiger partial charge in [0, 0.05) is 17.4 Å². The zero-order valence-corrected chi connectivity index (χ0v) is 20.4. The molecule has 8 atom stereocenters. The summed E-state index contributed by atoms with van der Waals surface area (Å²) < 4.78 is 11.5. The lowest BCUT2D eigenvalue weighted by Gasteiger charge is -2.43. The Morgan fingerprint density at radius 1 is 1.30 bits per heavy atom. The van der Waals surface area contributed by atoms with Gasteiger partial charge >= 0.3 is 11.9 Å². The van der Waals surface area contributed by atoms with Gasteiger partial charge in [-0.15, -0.1) is 0 Å². The van der Waals surface area contributed by atoms with Crippen molar-refractivity contribution in [2.75, 3.05) is 0 Å². The van der Waals surface area contributed by atoms with E-state index in [1.807, 2.05) is 30.3 Å². The van der Waals surface area contributed by atoms with Crippen molar-refractivity contribution in [2.24, 2.45) is 28.6 Å². The number of aliphatic hydroxyl groups excluding tert-OH is 1. The maximum atomic E-state index is 13.9. The van der Waals surface area contributed by atoms with Crippen molar-refractivity contribution in [2.45, 2.75) is 47.9 Å². The van der Waals surface area contributed by atoms with E-state index in [0.717, 1.165) is 12.0 Å². The van der Waals surface area contributed by atoms with Crippen molar-refractivity contribution in [3.05, 3.63) is 60.2 Å². The SMILES string of the molecule is C=C1C(=O)[C@]23C[C@@]1(I)CC[C@H]2[C@@]12C=C[C@H](O)[C@](C)(C(=O)O1)[C@H]2[C@@H]3C(=O)OCc1ccccc1. The molecule has 4 aliphatic carbocycles.